The lowest BCUT2D eigenvalue weighted by Crippen LogP contribution is -2.33. The summed E-state index contributed by atoms with van der Waals surface area (Å²) in [5.41, 5.74) is 4.36. The van der Waals surface area contributed by atoms with Crippen molar-refractivity contribution in [3.8, 4) is 5.75 Å². The quantitative estimate of drug-likeness (QED) is 0.803. The first-order valence-corrected chi connectivity index (χ1v) is 8.31. The fraction of sp³-hybridized carbons (Fsp3) is 0.476. The molecule has 2 aromatic rings. The number of aromatic nitrogens is 1. The average molecular weight is 312 g/mol. The van der Waals surface area contributed by atoms with Crippen LogP contribution < -0.4 is 4.57 Å². The van der Waals surface area contributed by atoms with E-state index < -0.39 is 0 Å². The predicted octanol–water partition coefficient (Wildman–Crippen LogP) is 4.63. The van der Waals surface area contributed by atoms with Crippen LogP contribution >= 0.6 is 0 Å². The van der Waals surface area contributed by atoms with E-state index in [2.05, 4.69) is 89.7 Å². The monoisotopic (exact) mass is 312 g/mol. The van der Waals surface area contributed by atoms with E-state index in [9.17, 15) is 5.11 Å². The van der Waals surface area contributed by atoms with Gasteiger partial charge in [0.2, 0.25) is 0 Å². The van der Waals surface area contributed by atoms with Crippen molar-refractivity contribution in [2.75, 3.05) is 0 Å². The zero-order valence-electron chi connectivity index (χ0n) is 15.6. The molecule has 0 aliphatic carbocycles. The molecule has 0 unspecified atom stereocenters. The number of aromatic hydroxyl groups is 1. The van der Waals surface area contributed by atoms with Gasteiger partial charge in [-0.1, -0.05) is 41.5 Å². The summed E-state index contributed by atoms with van der Waals surface area (Å²) in [6.07, 6.45) is 4.21. The van der Waals surface area contributed by atoms with Gasteiger partial charge in [-0.15, -0.1) is 0 Å². The van der Waals surface area contributed by atoms with Gasteiger partial charge >= 0.3 is 0 Å². The highest BCUT2D eigenvalue weighted by molar-refractivity contribution is 5.49. The third-order valence-electron chi connectivity index (χ3n) is 4.21. The maximum atomic E-state index is 10.8. The largest absolute Gasteiger partial charge is 0.507 e. The lowest BCUT2D eigenvalue weighted by molar-refractivity contribution is -0.688. The fourth-order valence-electron chi connectivity index (χ4n) is 2.78. The molecule has 0 atom stereocenters. The molecule has 0 radical (unpaired) electrons. The zero-order valence-corrected chi connectivity index (χ0v) is 15.6. The summed E-state index contributed by atoms with van der Waals surface area (Å²) in [7, 11) is 0. The Morgan fingerprint density at radius 1 is 0.870 bits per heavy atom. The van der Waals surface area contributed by atoms with E-state index in [0.29, 0.717) is 5.75 Å². The van der Waals surface area contributed by atoms with Crippen molar-refractivity contribution in [2.24, 2.45) is 0 Å². The molecule has 1 aromatic carbocycles. The summed E-state index contributed by atoms with van der Waals surface area (Å²) >= 11 is 0. The van der Waals surface area contributed by atoms with Crippen molar-refractivity contribution < 1.29 is 9.67 Å². The van der Waals surface area contributed by atoms with E-state index in [0.717, 1.165) is 17.7 Å². The minimum Gasteiger partial charge on any atom is -0.507 e. The molecule has 0 fully saturated rings. The van der Waals surface area contributed by atoms with Gasteiger partial charge in [0.1, 0.15) is 5.75 Å². The Morgan fingerprint density at radius 3 is 1.70 bits per heavy atom. The Labute approximate surface area is 140 Å². The third-order valence-corrected chi connectivity index (χ3v) is 4.21. The first-order chi connectivity index (χ1) is 10.5. The first kappa shape index (κ1) is 17.5. The lowest BCUT2D eigenvalue weighted by Gasteiger charge is -2.27. The van der Waals surface area contributed by atoms with E-state index in [1.165, 1.54) is 11.1 Å². The summed E-state index contributed by atoms with van der Waals surface area (Å²) in [5, 5.41) is 10.8. The number of hydrogen-bond donors (Lipinski definition) is 1. The first-order valence-electron chi connectivity index (χ1n) is 8.31. The van der Waals surface area contributed by atoms with Crippen LogP contribution in [-0.2, 0) is 17.4 Å². The molecular weight excluding hydrogens is 282 g/mol. The molecule has 1 aromatic heterocycles. The minimum absolute atomic E-state index is 0.0853. The Bertz CT molecular complexity index is 650. The number of hydrogen-bond acceptors (Lipinski definition) is 1. The molecule has 23 heavy (non-hydrogen) atoms. The summed E-state index contributed by atoms with van der Waals surface area (Å²) in [6.45, 7) is 15.8. The van der Waals surface area contributed by atoms with Crippen LogP contribution in [0.25, 0.3) is 0 Å². The standard InChI is InChI=1S/C21H29NO/c1-15-8-10-22(11-9-15)14-16-12-17(20(2,3)4)19(23)18(13-16)21(5,6)7/h8-13H,14H2,1-7H3/p+1. The second-order valence-corrected chi connectivity index (χ2v) is 8.59. The normalized spacial score (nSPS) is 12.5. The number of rotatable bonds is 2. The van der Waals surface area contributed by atoms with Gasteiger partial charge in [0.05, 0.1) is 0 Å². The van der Waals surface area contributed by atoms with Gasteiger partial charge < -0.3 is 5.11 Å². The Morgan fingerprint density at radius 2 is 1.30 bits per heavy atom. The molecule has 0 aliphatic rings. The van der Waals surface area contributed by atoms with Crippen LogP contribution in [0.15, 0.2) is 36.7 Å². The highest BCUT2D eigenvalue weighted by Gasteiger charge is 2.27. The van der Waals surface area contributed by atoms with Crippen molar-refractivity contribution in [1.82, 2.24) is 0 Å². The second kappa shape index (κ2) is 5.99. The molecule has 0 bridgehead atoms. The minimum atomic E-state index is -0.0853. The van der Waals surface area contributed by atoms with Crippen molar-refractivity contribution in [3.05, 3.63) is 58.9 Å². The molecule has 1 N–H and O–H groups in total. The van der Waals surface area contributed by atoms with Crippen LogP contribution in [0.5, 0.6) is 5.75 Å². The number of phenols is 1. The maximum Gasteiger partial charge on any atom is 0.173 e. The molecule has 0 aliphatic heterocycles. The SMILES string of the molecule is Cc1cc[n+](Cc2cc(C(C)(C)C)c(O)c(C(C)(C)C)c2)cc1. The van der Waals surface area contributed by atoms with E-state index in [4.69, 9.17) is 0 Å². The molecule has 2 heteroatoms. The molecule has 0 saturated carbocycles. The molecule has 1 heterocycles. The van der Waals surface area contributed by atoms with E-state index in [-0.39, 0.29) is 10.8 Å². The second-order valence-electron chi connectivity index (χ2n) is 8.59. The summed E-state index contributed by atoms with van der Waals surface area (Å²) in [5.74, 6) is 0.447. The number of benzene rings is 1. The molecule has 124 valence electrons. The molecular formula is C21H30NO+. The van der Waals surface area contributed by atoms with Crippen LogP contribution in [-0.4, -0.2) is 5.11 Å². The lowest BCUT2D eigenvalue weighted by atomic mass is 9.78. The summed E-state index contributed by atoms with van der Waals surface area (Å²) in [4.78, 5) is 0. The van der Waals surface area contributed by atoms with Crippen molar-refractivity contribution in [3.63, 3.8) is 0 Å². The van der Waals surface area contributed by atoms with Gasteiger partial charge in [-0.3, -0.25) is 0 Å². The van der Waals surface area contributed by atoms with Crippen molar-refractivity contribution >= 4 is 0 Å². The molecule has 2 nitrogen and oxygen atoms in total. The maximum absolute atomic E-state index is 10.8. The average Bonchev–Trinajstić information content (AvgIpc) is 2.40. The van der Waals surface area contributed by atoms with E-state index in [1.807, 2.05) is 0 Å². The number of pyridine rings is 1. The van der Waals surface area contributed by atoms with Crippen molar-refractivity contribution in [2.45, 2.75) is 65.8 Å². The Hall–Kier alpha value is -1.83. The van der Waals surface area contributed by atoms with E-state index in [1.54, 1.807) is 0 Å². The molecule has 2 rings (SSSR count). The van der Waals surface area contributed by atoms with E-state index >= 15 is 0 Å². The van der Waals surface area contributed by atoms with Crippen LogP contribution in [0.3, 0.4) is 0 Å². The Kier molecular flexibility index (Phi) is 4.57. The smallest absolute Gasteiger partial charge is 0.173 e. The van der Waals surface area contributed by atoms with Crippen LogP contribution in [0.2, 0.25) is 0 Å². The Balaban J connectivity index is 2.53. The molecule has 0 amide bonds. The van der Waals surface area contributed by atoms with Crippen molar-refractivity contribution in [1.29, 1.82) is 0 Å². The highest BCUT2D eigenvalue weighted by Crippen LogP contribution is 2.39. The third kappa shape index (κ3) is 4.13. The predicted molar refractivity (Wildman–Crippen MR) is 96.0 cm³/mol. The van der Waals surface area contributed by atoms with Gasteiger partial charge in [-0.25, -0.2) is 4.57 Å². The van der Waals surface area contributed by atoms with Gasteiger partial charge in [0, 0.05) is 28.8 Å². The van der Waals surface area contributed by atoms with Crippen LogP contribution in [0.1, 0.15) is 63.8 Å². The van der Waals surface area contributed by atoms with Gasteiger partial charge in [-0.2, -0.15) is 0 Å². The zero-order chi connectivity index (χ0) is 17.4. The number of phenolic OH excluding ortho intramolecular Hbond substituents is 1. The summed E-state index contributed by atoms with van der Waals surface area (Å²) in [6, 6.07) is 8.54. The van der Waals surface area contributed by atoms with Crippen LogP contribution in [0, 0.1) is 6.92 Å². The summed E-state index contributed by atoms with van der Waals surface area (Å²) < 4.78 is 2.18. The van der Waals surface area contributed by atoms with Gasteiger partial charge in [0.15, 0.2) is 18.9 Å². The number of aryl methyl sites for hydroxylation is 1. The fourth-order valence-corrected chi connectivity index (χ4v) is 2.78. The molecule has 0 saturated heterocycles. The number of nitrogens with zero attached hydrogens (tertiary/aromatic N) is 1. The molecule has 0 spiro atoms. The van der Waals surface area contributed by atoms with Gasteiger partial charge in [-0.05, 0) is 35.4 Å². The highest BCUT2D eigenvalue weighted by atomic mass is 16.3. The van der Waals surface area contributed by atoms with Crippen LogP contribution in [0.4, 0.5) is 0 Å². The van der Waals surface area contributed by atoms with Gasteiger partial charge in [0.25, 0.3) is 0 Å². The topological polar surface area (TPSA) is 24.1 Å².